The zero-order valence-corrected chi connectivity index (χ0v) is 11.3. The van der Waals surface area contributed by atoms with Crippen molar-refractivity contribution >= 4 is 21.6 Å². The summed E-state index contributed by atoms with van der Waals surface area (Å²) in [5.41, 5.74) is 5.37. The highest BCUT2D eigenvalue weighted by Gasteiger charge is 2.21. The van der Waals surface area contributed by atoms with Gasteiger partial charge in [-0.2, -0.15) is 0 Å². The summed E-state index contributed by atoms with van der Waals surface area (Å²) >= 11 is 5.73. The summed E-state index contributed by atoms with van der Waals surface area (Å²) in [5.74, 6) is -0.883. The molecule has 0 heterocycles. The number of ether oxygens (including phenoxy) is 1. The van der Waals surface area contributed by atoms with E-state index in [2.05, 4.69) is 4.72 Å². The lowest BCUT2D eigenvalue weighted by molar-refractivity contribution is 0.204. The van der Waals surface area contributed by atoms with Crippen LogP contribution in [0, 0.1) is 5.82 Å². The number of rotatable bonds is 6. The summed E-state index contributed by atoms with van der Waals surface area (Å²) in [6, 6.07) is 2.34. The van der Waals surface area contributed by atoms with Crippen molar-refractivity contribution in [2.75, 3.05) is 20.3 Å². The molecule has 1 rings (SSSR count). The SMILES string of the molecule is COCCNS(=O)(=O)c1cc(Cl)cc(CN)c1F. The summed E-state index contributed by atoms with van der Waals surface area (Å²) in [6.07, 6.45) is 0. The third-order valence-corrected chi connectivity index (χ3v) is 3.87. The molecule has 18 heavy (non-hydrogen) atoms. The maximum atomic E-state index is 13.9. The molecule has 0 unspecified atom stereocenters. The van der Waals surface area contributed by atoms with Crippen LogP contribution >= 0.6 is 11.6 Å². The number of hydrogen-bond donors (Lipinski definition) is 2. The molecular weight excluding hydrogens is 283 g/mol. The van der Waals surface area contributed by atoms with Crippen LogP contribution in [0.1, 0.15) is 5.56 Å². The molecule has 0 aliphatic heterocycles. The Morgan fingerprint density at radius 1 is 1.50 bits per heavy atom. The van der Waals surface area contributed by atoms with E-state index in [0.717, 1.165) is 6.07 Å². The Bertz CT molecular complexity index is 522. The first kappa shape index (κ1) is 15.3. The predicted octanol–water partition coefficient (Wildman–Crippen LogP) is 0.863. The topological polar surface area (TPSA) is 81.4 Å². The van der Waals surface area contributed by atoms with E-state index >= 15 is 0 Å². The van der Waals surface area contributed by atoms with Crippen molar-refractivity contribution in [3.8, 4) is 0 Å². The van der Waals surface area contributed by atoms with E-state index in [1.54, 1.807) is 0 Å². The zero-order valence-electron chi connectivity index (χ0n) is 9.74. The van der Waals surface area contributed by atoms with E-state index in [1.807, 2.05) is 0 Å². The molecule has 0 atom stereocenters. The van der Waals surface area contributed by atoms with Gasteiger partial charge in [-0.05, 0) is 12.1 Å². The number of methoxy groups -OCH3 is 1. The van der Waals surface area contributed by atoms with Crippen LogP contribution in [0.15, 0.2) is 17.0 Å². The van der Waals surface area contributed by atoms with Crippen molar-refractivity contribution in [3.63, 3.8) is 0 Å². The van der Waals surface area contributed by atoms with Crippen LogP contribution in [0.3, 0.4) is 0 Å². The van der Waals surface area contributed by atoms with E-state index in [-0.39, 0.29) is 30.3 Å². The molecule has 1 aromatic rings. The second-order valence-electron chi connectivity index (χ2n) is 3.47. The fourth-order valence-corrected chi connectivity index (χ4v) is 2.78. The molecule has 0 spiro atoms. The molecule has 0 radical (unpaired) electrons. The normalized spacial score (nSPS) is 11.8. The van der Waals surface area contributed by atoms with E-state index in [0.29, 0.717) is 0 Å². The van der Waals surface area contributed by atoms with Gasteiger partial charge in [0.2, 0.25) is 10.0 Å². The summed E-state index contributed by atoms with van der Waals surface area (Å²) < 4.78 is 44.5. The second-order valence-corrected chi connectivity index (χ2v) is 5.64. The minimum Gasteiger partial charge on any atom is -0.383 e. The minimum atomic E-state index is -3.96. The van der Waals surface area contributed by atoms with Gasteiger partial charge in [-0.3, -0.25) is 0 Å². The van der Waals surface area contributed by atoms with Gasteiger partial charge in [0.25, 0.3) is 0 Å². The monoisotopic (exact) mass is 296 g/mol. The molecule has 5 nitrogen and oxygen atoms in total. The lowest BCUT2D eigenvalue weighted by Gasteiger charge is -2.10. The molecule has 0 aliphatic rings. The predicted molar refractivity (Wildman–Crippen MR) is 66.4 cm³/mol. The summed E-state index contributed by atoms with van der Waals surface area (Å²) in [4.78, 5) is -0.508. The molecule has 0 aromatic heterocycles. The Balaban J connectivity index is 3.12. The third-order valence-electron chi connectivity index (χ3n) is 2.19. The average molecular weight is 297 g/mol. The highest BCUT2D eigenvalue weighted by molar-refractivity contribution is 7.89. The second kappa shape index (κ2) is 6.44. The Kier molecular flexibility index (Phi) is 5.48. The smallest absolute Gasteiger partial charge is 0.243 e. The van der Waals surface area contributed by atoms with E-state index < -0.39 is 20.7 Å². The molecule has 0 aliphatic carbocycles. The van der Waals surface area contributed by atoms with Gasteiger partial charge in [-0.1, -0.05) is 11.6 Å². The molecule has 0 fully saturated rings. The maximum absolute atomic E-state index is 13.9. The van der Waals surface area contributed by atoms with Gasteiger partial charge in [0, 0.05) is 30.8 Å². The lowest BCUT2D eigenvalue weighted by Crippen LogP contribution is -2.28. The van der Waals surface area contributed by atoms with Crippen LogP contribution in [0.25, 0.3) is 0 Å². The molecule has 0 saturated carbocycles. The first-order valence-electron chi connectivity index (χ1n) is 5.09. The van der Waals surface area contributed by atoms with Crippen molar-refractivity contribution in [3.05, 3.63) is 28.5 Å². The highest BCUT2D eigenvalue weighted by atomic mass is 35.5. The van der Waals surface area contributed by atoms with Crippen LogP contribution in [0.2, 0.25) is 5.02 Å². The third kappa shape index (κ3) is 3.63. The van der Waals surface area contributed by atoms with Gasteiger partial charge in [0.1, 0.15) is 10.7 Å². The van der Waals surface area contributed by atoms with E-state index in [1.165, 1.54) is 13.2 Å². The average Bonchev–Trinajstić information content (AvgIpc) is 2.31. The number of hydrogen-bond acceptors (Lipinski definition) is 4. The quantitative estimate of drug-likeness (QED) is 0.763. The Morgan fingerprint density at radius 2 is 2.17 bits per heavy atom. The van der Waals surface area contributed by atoms with Gasteiger partial charge < -0.3 is 10.5 Å². The largest absolute Gasteiger partial charge is 0.383 e. The van der Waals surface area contributed by atoms with Gasteiger partial charge in [-0.15, -0.1) is 0 Å². The maximum Gasteiger partial charge on any atom is 0.243 e. The fourth-order valence-electron chi connectivity index (χ4n) is 1.32. The molecular formula is C10H14ClFN2O3S. The molecule has 1 aromatic carbocycles. The van der Waals surface area contributed by atoms with Gasteiger partial charge in [0.15, 0.2) is 0 Å². The van der Waals surface area contributed by atoms with Gasteiger partial charge in [-0.25, -0.2) is 17.5 Å². The van der Waals surface area contributed by atoms with E-state index in [4.69, 9.17) is 22.1 Å². The van der Waals surface area contributed by atoms with Crippen molar-refractivity contribution in [2.45, 2.75) is 11.4 Å². The van der Waals surface area contributed by atoms with E-state index in [9.17, 15) is 12.8 Å². The van der Waals surface area contributed by atoms with Gasteiger partial charge in [0.05, 0.1) is 6.61 Å². The molecule has 8 heteroatoms. The summed E-state index contributed by atoms with van der Waals surface area (Å²) in [7, 11) is -2.53. The molecule has 0 amide bonds. The molecule has 0 saturated heterocycles. The van der Waals surface area contributed by atoms with Crippen LogP contribution in [-0.4, -0.2) is 28.7 Å². The number of benzene rings is 1. The number of halogens is 2. The van der Waals surface area contributed by atoms with Crippen LogP contribution < -0.4 is 10.5 Å². The summed E-state index contributed by atoms with van der Waals surface area (Å²) in [6.45, 7) is 0.0981. The van der Waals surface area contributed by atoms with Crippen LogP contribution in [-0.2, 0) is 21.3 Å². The van der Waals surface area contributed by atoms with Crippen molar-refractivity contribution in [1.82, 2.24) is 4.72 Å². The Labute approximate surface area is 110 Å². The zero-order chi connectivity index (χ0) is 13.8. The lowest BCUT2D eigenvalue weighted by atomic mass is 10.2. The molecule has 0 bridgehead atoms. The first-order valence-corrected chi connectivity index (χ1v) is 6.95. The highest BCUT2D eigenvalue weighted by Crippen LogP contribution is 2.23. The Morgan fingerprint density at radius 3 is 2.72 bits per heavy atom. The number of nitrogens with two attached hydrogens (primary N) is 1. The van der Waals surface area contributed by atoms with Crippen LogP contribution in [0.4, 0.5) is 4.39 Å². The van der Waals surface area contributed by atoms with Crippen molar-refractivity contribution < 1.29 is 17.5 Å². The van der Waals surface area contributed by atoms with Crippen LogP contribution in [0.5, 0.6) is 0 Å². The molecule has 102 valence electrons. The minimum absolute atomic E-state index is 0.0444. The fraction of sp³-hybridized carbons (Fsp3) is 0.400. The standard InChI is InChI=1S/C10H14ClFN2O3S/c1-17-3-2-14-18(15,16)9-5-8(11)4-7(6-13)10(9)12/h4-5,14H,2-3,6,13H2,1H3. The summed E-state index contributed by atoms with van der Waals surface area (Å²) in [5, 5.41) is 0.115. The number of sulfonamides is 1. The van der Waals surface area contributed by atoms with Crippen molar-refractivity contribution in [2.24, 2.45) is 5.73 Å². The molecule has 3 N–H and O–H groups in total. The van der Waals surface area contributed by atoms with Gasteiger partial charge >= 0.3 is 0 Å². The first-order chi connectivity index (χ1) is 8.42. The Hall–Kier alpha value is -0.730. The number of nitrogens with one attached hydrogen (secondary N) is 1. The van der Waals surface area contributed by atoms with Crippen molar-refractivity contribution in [1.29, 1.82) is 0 Å².